The van der Waals surface area contributed by atoms with Crippen molar-refractivity contribution in [2.75, 3.05) is 24.9 Å². The number of hydrogen-bond acceptors (Lipinski definition) is 5. The van der Waals surface area contributed by atoms with Crippen molar-refractivity contribution in [1.29, 1.82) is 0 Å². The largest absolute Gasteiger partial charge is 0.493 e. The lowest BCUT2D eigenvalue weighted by Crippen LogP contribution is -2.31. The molecule has 0 bridgehead atoms. The molecule has 1 atom stereocenters. The van der Waals surface area contributed by atoms with E-state index in [1.165, 1.54) is 7.11 Å². The predicted octanol–water partition coefficient (Wildman–Crippen LogP) is 3.26. The molecule has 0 radical (unpaired) electrons. The SMILES string of the molecule is COc1ccc(NC(=O)C2CC(=O)Nc3c2c(C)nn3-c2ccccc2)cc1OC. The minimum atomic E-state index is -0.653. The number of carbonyl (C=O) groups excluding carboxylic acids is 2. The van der Waals surface area contributed by atoms with E-state index in [1.807, 2.05) is 37.3 Å². The highest BCUT2D eigenvalue weighted by atomic mass is 16.5. The number of carbonyl (C=O) groups is 2. The van der Waals surface area contributed by atoms with Gasteiger partial charge in [-0.3, -0.25) is 9.59 Å². The van der Waals surface area contributed by atoms with Gasteiger partial charge in [-0.1, -0.05) is 18.2 Å². The first-order valence-electron chi connectivity index (χ1n) is 9.49. The number of fused-ring (bicyclic) bond motifs is 1. The molecule has 2 amide bonds. The summed E-state index contributed by atoms with van der Waals surface area (Å²) in [5, 5.41) is 10.3. The number of amides is 2. The molecular formula is C22H22N4O4. The van der Waals surface area contributed by atoms with Crippen molar-refractivity contribution in [2.24, 2.45) is 0 Å². The molecule has 8 nitrogen and oxygen atoms in total. The zero-order chi connectivity index (χ0) is 21.3. The van der Waals surface area contributed by atoms with Gasteiger partial charge in [0.15, 0.2) is 11.5 Å². The average molecular weight is 406 g/mol. The van der Waals surface area contributed by atoms with E-state index in [1.54, 1.807) is 30.0 Å². The van der Waals surface area contributed by atoms with Gasteiger partial charge in [-0.2, -0.15) is 5.10 Å². The molecule has 30 heavy (non-hydrogen) atoms. The molecule has 3 aromatic rings. The fourth-order valence-electron chi connectivity index (χ4n) is 3.67. The van der Waals surface area contributed by atoms with Crippen LogP contribution in [0.2, 0.25) is 0 Å². The van der Waals surface area contributed by atoms with E-state index < -0.39 is 5.92 Å². The second-order valence-corrected chi connectivity index (χ2v) is 6.96. The maximum atomic E-state index is 13.1. The molecule has 154 valence electrons. The van der Waals surface area contributed by atoms with Crippen LogP contribution in [0.1, 0.15) is 23.6 Å². The number of rotatable bonds is 5. The van der Waals surface area contributed by atoms with Crippen molar-refractivity contribution in [2.45, 2.75) is 19.3 Å². The van der Waals surface area contributed by atoms with Crippen LogP contribution in [0.4, 0.5) is 11.5 Å². The maximum absolute atomic E-state index is 13.1. The van der Waals surface area contributed by atoms with Gasteiger partial charge < -0.3 is 20.1 Å². The van der Waals surface area contributed by atoms with E-state index in [0.717, 1.165) is 11.3 Å². The topological polar surface area (TPSA) is 94.5 Å². The van der Waals surface area contributed by atoms with E-state index in [9.17, 15) is 9.59 Å². The molecule has 2 aromatic carbocycles. The molecule has 2 N–H and O–H groups in total. The molecule has 1 aliphatic heterocycles. The van der Waals surface area contributed by atoms with Crippen LogP contribution < -0.4 is 20.1 Å². The summed E-state index contributed by atoms with van der Waals surface area (Å²) in [6, 6.07) is 14.6. The smallest absolute Gasteiger partial charge is 0.232 e. The highest BCUT2D eigenvalue weighted by Gasteiger charge is 2.36. The molecule has 8 heteroatoms. The minimum Gasteiger partial charge on any atom is -0.493 e. The van der Waals surface area contributed by atoms with Crippen molar-refractivity contribution in [3.05, 3.63) is 59.8 Å². The Balaban J connectivity index is 1.67. The first-order valence-corrected chi connectivity index (χ1v) is 9.49. The zero-order valence-electron chi connectivity index (χ0n) is 16.9. The van der Waals surface area contributed by atoms with E-state index >= 15 is 0 Å². The molecule has 0 saturated heterocycles. The average Bonchev–Trinajstić information content (AvgIpc) is 3.09. The highest BCUT2D eigenvalue weighted by molar-refractivity contribution is 6.05. The van der Waals surface area contributed by atoms with Gasteiger partial charge in [0.2, 0.25) is 11.8 Å². The van der Waals surface area contributed by atoms with Crippen molar-refractivity contribution in [3.63, 3.8) is 0 Å². The number of nitrogens with one attached hydrogen (secondary N) is 2. The summed E-state index contributed by atoms with van der Waals surface area (Å²) in [7, 11) is 3.08. The number of para-hydroxylation sites is 1. The zero-order valence-corrected chi connectivity index (χ0v) is 16.9. The summed E-state index contributed by atoms with van der Waals surface area (Å²) in [5.74, 6) is 0.433. The van der Waals surface area contributed by atoms with E-state index in [2.05, 4.69) is 15.7 Å². The first-order chi connectivity index (χ1) is 14.5. The quantitative estimate of drug-likeness (QED) is 0.678. The third-order valence-corrected chi connectivity index (χ3v) is 5.07. The third-order valence-electron chi connectivity index (χ3n) is 5.07. The summed E-state index contributed by atoms with van der Waals surface area (Å²) in [6.45, 7) is 1.84. The molecule has 0 fully saturated rings. The molecule has 2 heterocycles. The summed E-state index contributed by atoms with van der Waals surface area (Å²) in [4.78, 5) is 25.5. The van der Waals surface area contributed by atoms with Gasteiger partial charge in [0.1, 0.15) is 5.82 Å². The monoisotopic (exact) mass is 406 g/mol. The van der Waals surface area contributed by atoms with Gasteiger partial charge >= 0.3 is 0 Å². The second kappa shape index (κ2) is 7.90. The van der Waals surface area contributed by atoms with Crippen LogP contribution in [0.15, 0.2) is 48.5 Å². The summed E-state index contributed by atoms with van der Waals surface area (Å²) in [5.41, 5.74) is 2.78. The Labute approximate surface area is 173 Å². The Morgan fingerprint density at radius 2 is 1.87 bits per heavy atom. The van der Waals surface area contributed by atoms with Crippen molar-refractivity contribution in [3.8, 4) is 17.2 Å². The van der Waals surface area contributed by atoms with Gasteiger partial charge in [-0.25, -0.2) is 4.68 Å². The highest BCUT2D eigenvalue weighted by Crippen LogP contribution is 2.37. The predicted molar refractivity (Wildman–Crippen MR) is 112 cm³/mol. The van der Waals surface area contributed by atoms with Crippen LogP contribution in [0, 0.1) is 6.92 Å². The number of benzene rings is 2. The summed E-state index contributed by atoms with van der Waals surface area (Å²) < 4.78 is 12.2. The molecular weight excluding hydrogens is 384 g/mol. The fraction of sp³-hybridized carbons (Fsp3) is 0.227. The lowest BCUT2D eigenvalue weighted by atomic mass is 9.91. The lowest BCUT2D eigenvalue weighted by molar-refractivity contribution is -0.123. The Kier molecular flexibility index (Phi) is 5.14. The summed E-state index contributed by atoms with van der Waals surface area (Å²) >= 11 is 0. The van der Waals surface area contributed by atoms with Crippen molar-refractivity contribution in [1.82, 2.24) is 9.78 Å². The maximum Gasteiger partial charge on any atom is 0.232 e. The molecule has 1 unspecified atom stereocenters. The molecule has 4 rings (SSSR count). The number of hydrogen-bond donors (Lipinski definition) is 2. The normalized spacial score (nSPS) is 15.2. The van der Waals surface area contributed by atoms with Gasteiger partial charge in [0, 0.05) is 23.7 Å². The minimum absolute atomic E-state index is 0.0491. The fourth-order valence-corrected chi connectivity index (χ4v) is 3.67. The number of ether oxygens (including phenoxy) is 2. The third kappa shape index (κ3) is 3.47. The Morgan fingerprint density at radius 3 is 2.57 bits per heavy atom. The molecule has 0 spiro atoms. The Morgan fingerprint density at radius 1 is 1.13 bits per heavy atom. The standard InChI is InChI=1S/C22H22N4O4/c1-13-20-16(22(28)23-14-9-10-17(29-2)18(11-14)30-3)12-19(27)24-21(20)26(25-13)15-7-5-4-6-8-15/h4-11,16H,12H2,1-3H3,(H,23,28)(H,24,27). The van der Waals surface area contributed by atoms with E-state index in [4.69, 9.17) is 9.47 Å². The van der Waals surface area contributed by atoms with E-state index in [0.29, 0.717) is 28.7 Å². The van der Waals surface area contributed by atoms with Gasteiger partial charge in [0.05, 0.1) is 31.5 Å². The van der Waals surface area contributed by atoms with Crippen LogP contribution in [0.3, 0.4) is 0 Å². The molecule has 0 aliphatic carbocycles. The van der Waals surface area contributed by atoms with Crippen molar-refractivity contribution >= 4 is 23.3 Å². The van der Waals surface area contributed by atoms with Crippen LogP contribution in [-0.4, -0.2) is 35.8 Å². The Hall–Kier alpha value is -3.81. The molecule has 1 aromatic heterocycles. The number of methoxy groups -OCH3 is 2. The molecule has 0 saturated carbocycles. The first kappa shape index (κ1) is 19.5. The van der Waals surface area contributed by atoms with Gasteiger partial charge in [0.25, 0.3) is 0 Å². The number of aryl methyl sites for hydroxylation is 1. The van der Waals surface area contributed by atoms with Gasteiger partial charge in [-0.05, 0) is 31.2 Å². The lowest BCUT2D eigenvalue weighted by Gasteiger charge is -2.23. The number of anilines is 2. The summed E-state index contributed by atoms with van der Waals surface area (Å²) in [6.07, 6.45) is 0.0491. The van der Waals surface area contributed by atoms with E-state index in [-0.39, 0.29) is 18.2 Å². The second-order valence-electron chi connectivity index (χ2n) is 6.96. The number of nitrogens with zero attached hydrogens (tertiary/aromatic N) is 2. The van der Waals surface area contributed by atoms with Crippen LogP contribution in [-0.2, 0) is 9.59 Å². The van der Waals surface area contributed by atoms with Crippen LogP contribution >= 0.6 is 0 Å². The van der Waals surface area contributed by atoms with Crippen molar-refractivity contribution < 1.29 is 19.1 Å². The Bertz CT molecular complexity index is 1110. The van der Waals surface area contributed by atoms with Gasteiger partial charge in [-0.15, -0.1) is 0 Å². The molecule has 1 aliphatic rings. The number of aromatic nitrogens is 2. The van der Waals surface area contributed by atoms with Crippen LogP contribution in [0.25, 0.3) is 5.69 Å². The van der Waals surface area contributed by atoms with Crippen LogP contribution in [0.5, 0.6) is 11.5 Å².